The second-order valence-corrected chi connectivity index (χ2v) is 7.18. The second kappa shape index (κ2) is 5.92. The smallest absolute Gasteiger partial charge is 0.0555 e. The van der Waals surface area contributed by atoms with Crippen LogP contribution in [0.15, 0.2) is 0 Å². The van der Waals surface area contributed by atoms with Crippen LogP contribution in [0.4, 0.5) is 0 Å². The van der Waals surface area contributed by atoms with Gasteiger partial charge in [-0.25, -0.2) is 0 Å². The van der Waals surface area contributed by atoms with Crippen molar-refractivity contribution >= 4 is 0 Å². The van der Waals surface area contributed by atoms with E-state index in [2.05, 4.69) is 25.8 Å². The molecule has 2 rings (SSSR count). The van der Waals surface area contributed by atoms with Gasteiger partial charge in [-0.05, 0) is 63.5 Å². The van der Waals surface area contributed by atoms with Crippen LogP contribution in [-0.4, -0.2) is 35.7 Å². The van der Waals surface area contributed by atoms with E-state index in [-0.39, 0.29) is 6.10 Å². The molecule has 2 unspecified atom stereocenters. The molecule has 106 valence electrons. The predicted molar refractivity (Wildman–Crippen MR) is 76.6 cm³/mol. The normalized spacial score (nSPS) is 31.7. The summed E-state index contributed by atoms with van der Waals surface area (Å²) >= 11 is 0. The maximum absolute atomic E-state index is 10.0. The molecule has 0 aromatic rings. The van der Waals surface area contributed by atoms with Gasteiger partial charge in [-0.2, -0.15) is 0 Å². The van der Waals surface area contributed by atoms with Crippen LogP contribution in [0.1, 0.15) is 65.2 Å². The highest BCUT2D eigenvalue weighted by Crippen LogP contribution is 2.50. The van der Waals surface area contributed by atoms with Crippen LogP contribution in [0.25, 0.3) is 0 Å². The van der Waals surface area contributed by atoms with E-state index in [1.807, 2.05) is 0 Å². The summed E-state index contributed by atoms with van der Waals surface area (Å²) < 4.78 is 0. The number of hydrogen-bond donors (Lipinski definition) is 1. The van der Waals surface area contributed by atoms with E-state index in [4.69, 9.17) is 0 Å². The molecule has 0 saturated heterocycles. The zero-order valence-electron chi connectivity index (χ0n) is 12.5. The number of aliphatic hydroxyl groups excluding tert-OH is 1. The minimum Gasteiger partial charge on any atom is -0.393 e. The fourth-order valence-corrected chi connectivity index (χ4v) is 4.17. The van der Waals surface area contributed by atoms with Gasteiger partial charge in [-0.15, -0.1) is 0 Å². The van der Waals surface area contributed by atoms with E-state index >= 15 is 0 Å². The van der Waals surface area contributed by atoms with Crippen LogP contribution >= 0.6 is 0 Å². The summed E-state index contributed by atoms with van der Waals surface area (Å²) in [5, 5.41) is 10.0. The van der Waals surface area contributed by atoms with Crippen molar-refractivity contribution in [1.82, 2.24) is 4.90 Å². The molecule has 0 amide bonds. The molecule has 0 heterocycles. The number of rotatable bonds is 4. The van der Waals surface area contributed by atoms with Crippen LogP contribution in [0.5, 0.6) is 0 Å². The summed E-state index contributed by atoms with van der Waals surface area (Å²) in [6.07, 6.45) is 10.1. The summed E-state index contributed by atoms with van der Waals surface area (Å²) in [4.78, 5) is 2.56. The minimum atomic E-state index is -0.0530. The topological polar surface area (TPSA) is 23.5 Å². The minimum absolute atomic E-state index is 0.0530. The molecule has 2 atom stereocenters. The second-order valence-electron chi connectivity index (χ2n) is 7.18. The van der Waals surface area contributed by atoms with Gasteiger partial charge in [0.05, 0.1) is 6.10 Å². The largest absolute Gasteiger partial charge is 0.393 e. The molecule has 2 aliphatic carbocycles. The van der Waals surface area contributed by atoms with Crippen molar-refractivity contribution in [2.45, 2.75) is 77.4 Å². The first-order valence-corrected chi connectivity index (χ1v) is 7.92. The molecule has 2 heteroatoms. The first kappa shape index (κ1) is 14.3. The van der Waals surface area contributed by atoms with E-state index in [1.54, 1.807) is 0 Å². The van der Waals surface area contributed by atoms with E-state index in [9.17, 15) is 5.11 Å². The fraction of sp³-hybridized carbons (Fsp3) is 1.00. The average Bonchev–Trinajstić information content (AvgIpc) is 2.79. The maximum Gasteiger partial charge on any atom is 0.0555 e. The molecule has 0 aromatic heterocycles. The van der Waals surface area contributed by atoms with Gasteiger partial charge in [0.2, 0.25) is 0 Å². The Hall–Kier alpha value is -0.0800. The van der Waals surface area contributed by atoms with Crippen molar-refractivity contribution in [1.29, 1.82) is 0 Å². The van der Waals surface area contributed by atoms with Gasteiger partial charge in [-0.3, -0.25) is 0 Å². The van der Waals surface area contributed by atoms with Crippen molar-refractivity contribution in [3.63, 3.8) is 0 Å². The molecule has 2 nitrogen and oxygen atoms in total. The van der Waals surface area contributed by atoms with Gasteiger partial charge in [0.25, 0.3) is 0 Å². The van der Waals surface area contributed by atoms with Crippen molar-refractivity contribution in [2.24, 2.45) is 11.3 Å². The molecule has 0 bridgehead atoms. The van der Waals surface area contributed by atoms with Crippen molar-refractivity contribution in [3.05, 3.63) is 0 Å². The number of hydrogen-bond acceptors (Lipinski definition) is 2. The quantitative estimate of drug-likeness (QED) is 0.829. The molecular weight excluding hydrogens is 222 g/mol. The Morgan fingerprint density at radius 2 is 1.89 bits per heavy atom. The summed E-state index contributed by atoms with van der Waals surface area (Å²) in [7, 11) is 2.28. The summed E-state index contributed by atoms with van der Waals surface area (Å²) in [6.45, 7) is 5.79. The van der Waals surface area contributed by atoms with Gasteiger partial charge in [0, 0.05) is 6.04 Å². The molecule has 2 fully saturated rings. The summed E-state index contributed by atoms with van der Waals surface area (Å²) in [5.41, 5.74) is 0.547. The Bertz CT molecular complexity index is 258. The van der Waals surface area contributed by atoms with Gasteiger partial charge in [0.1, 0.15) is 0 Å². The summed E-state index contributed by atoms with van der Waals surface area (Å²) in [5.74, 6) is 0.778. The van der Waals surface area contributed by atoms with Crippen LogP contribution in [0.3, 0.4) is 0 Å². The standard InChI is InChI=1S/C16H31NO/c1-13(2)7-11-17(3)15-12-14(18)6-10-16(15)8-4-5-9-16/h13-15,18H,4-12H2,1-3H3. The Labute approximate surface area is 113 Å². The van der Waals surface area contributed by atoms with E-state index in [1.165, 1.54) is 45.1 Å². The molecule has 18 heavy (non-hydrogen) atoms. The lowest BCUT2D eigenvalue weighted by atomic mass is 9.67. The molecular formula is C16H31NO. The Morgan fingerprint density at radius 3 is 2.50 bits per heavy atom. The monoisotopic (exact) mass is 253 g/mol. The van der Waals surface area contributed by atoms with Gasteiger partial charge >= 0.3 is 0 Å². The van der Waals surface area contributed by atoms with Crippen LogP contribution < -0.4 is 0 Å². The zero-order valence-corrected chi connectivity index (χ0v) is 12.5. The zero-order chi connectivity index (χ0) is 13.2. The maximum atomic E-state index is 10.0. The first-order valence-electron chi connectivity index (χ1n) is 7.92. The van der Waals surface area contributed by atoms with Crippen molar-refractivity contribution < 1.29 is 5.11 Å². The lowest BCUT2D eigenvalue weighted by molar-refractivity contribution is -0.0178. The molecule has 2 aliphatic rings. The van der Waals surface area contributed by atoms with Gasteiger partial charge in [-0.1, -0.05) is 26.7 Å². The third-order valence-electron chi connectivity index (χ3n) is 5.37. The SMILES string of the molecule is CC(C)CCN(C)C1CC(O)CCC12CCCC2. The molecule has 0 radical (unpaired) electrons. The summed E-state index contributed by atoms with van der Waals surface area (Å²) in [6, 6.07) is 0.627. The lowest BCUT2D eigenvalue weighted by Crippen LogP contribution is -2.50. The third-order valence-corrected chi connectivity index (χ3v) is 5.37. The highest BCUT2D eigenvalue weighted by Gasteiger charge is 2.46. The Balaban J connectivity index is 2.00. The van der Waals surface area contributed by atoms with E-state index in [0.717, 1.165) is 18.8 Å². The Kier molecular flexibility index (Phi) is 4.71. The molecule has 1 spiro atoms. The van der Waals surface area contributed by atoms with E-state index < -0.39 is 0 Å². The molecule has 2 saturated carbocycles. The lowest BCUT2D eigenvalue weighted by Gasteiger charge is -2.48. The van der Waals surface area contributed by atoms with Crippen LogP contribution in [-0.2, 0) is 0 Å². The third kappa shape index (κ3) is 3.08. The average molecular weight is 253 g/mol. The van der Waals surface area contributed by atoms with Crippen molar-refractivity contribution in [2.75, 3.05) is 13.6 Å². The predicted octanol–water partition coefficient (Wildman–Crippen LogP) is 3.44. The van der Waals surface area contributed by atoms with Gasteiger partial charge in [0.15, 0.2) is 0 Å². The number of aliphatic hydroxyl groups is 1. The first-order chi connectivity index (χ1) is 8.53. The Morgan fingerprint density at radius 1 is 1.22 bits per heavy atom. The highest BCUT2D eigenvalue weighted by molar-refractivity contribution is 4.99. The van der Waals surface area contributed by atoms with Crippen molar-refractivity contribution in [3.8, 4) is 0 Å². The number of nitrogens with zero attached hydrogens (tertiary/aromatic N) is 1. The molecule has 1 N–H and O–H groups in total. The molecule has 0 aliphatic heterocycles. The van der Waals surface area contributed by atoms with Crippen LogP contribution in [0, 0.1) is 11.3 Å². The van der Waals surface area contributed by atoms with Crippen LogP contribution in [0.2, 0.25) is 0 Å². The molecule has 0 aromatic carbocycles. The van der Waals surface area contributed by atoms with E-state index in [0.29, 0.717) is 11.5 Å². The highest BCUT2D eigenvalue weighted by atomic mass is 16.3. The fourth-order valence-electron chi connectivity index (χ4n) is 4.17. The van der Waals surface area contributed by atoms with Gasteiger partial charge < -0.3 is 10.0 Å².